The smallest absolute Gasteiger partial charge is 0.231 e. The van der Waals surface area contributed by atoms with Crippen molar-refractivity contribution >= 4 is 34.0 Å². The van der Waals surface area contributed by atoms with Crippen molar-refractivity contribution in [1.82, 2.24) is 10.2 Å². The van der Waals surface area contributed by atoms with Gasteiger partial charge in [-0.1, -0.05) is 35.6 Å². The molecule has 1 aromatic heterocycles. The number of para-hydroxylation sites is 1. The number of hydrogen-bond donors (Lipinski definition) is 1. The highest BCUT2D eigenvalue weighted by molar-refractivity contribution is 7.15. The van der Waals surface area contributed by atoms with Gasteiger partial charge in [-0.15, -0.1) is 10.2 Å². The lowest BCUT2D eigenvalue weighted by molar-refractivity contribution is -0.122. The average molecular weight is 439 g/mol. The largest absolute Gasteiger partial charge is 0.493 e. The molecule has 0 saturated carbocycles. The molecule has 1 saturated heterocycles. The summed E-state index contributed by atoms with van der Waals surface area (Å²) in [5, 5.41) is 12.2. The summed E-state index contributed by atoms with van der Waals surface area (Å²) in [5.74, 6) is 0.600. The molecule has 0 aliphatic carbocycles. The monoisotopic (exact) mass is 438 g/mol. The number of carbonyl (C=O) groups excluding carboxylic acids is 2. The van der Waals surface area contributed by atoms with Gasteiger partial charge < -0.3 is 19.7 Å². The number of amides is 2. The van der Waals surface area contributed by atoms with Gasteiger partial charge in [0.1, 0.15) is 5.01 Å². The zero-order valence-corrected chi connectivity index (χ0v) is 18.0. The van der Waals surface area contributed by atoms with Gasteiger partial charge >= 0.3 is 0 Å². The second-order valence-corrected chi connectivity index (χ2v) is 8.16. The van der Waals surface area contributed by atoms with Gasteiger partial charge in [-0.3, -0.25) is 9.59 Å². The van der Waals surface area contributed by atoms with Crippen LogP contribution in [0.15, 0.2) is 48.5 Å². The summed E-state index contributed by atoms with van der Waals surface area (Å²) in [6, 6.07) is 15.0. The molecule has 1 fully saturated rings. The third-order valence-corrected chi connectivity index (χ3v) is 5.90. The van der Waals surface area contributed by atoms with Crippen LogP contribution in [0, 0.1) is 5.92 Å². The Labute approximate surface area is 183 Å². The maximum absolute atomic E-state index is 12.7. The van der Waals surface area contributed by atoms with Crippen molar-refractivity contribution < 1.29 is 19.1 Å². The van der Waals surface area contributed by atoms with Crippen molar-refractivity contribution in [2.75, 3.05) is 31.0 Å². The Bertz CT molecular complexity index is 1090. The predicted octanol–water partition coefficient (Wildman–Crippen LogP) is 3.14. The fraction of sp³-hybridized carbons (Fsp3) is 0.273. The molecule has 0 unspecified atom stereocenters. The Morgan fingerprint density at radius 2 is 1.90 bits per heavy atom. The molecule has 31 heavy (non-hydrogen) atoms. The molecule has 0 bridgehead atoms. The molecule has 160 valence electrons. The number of aromatic nitrogens is 2. The molecule has 2 aromatic carbocycles. The van der Waals surface area contributed by atoms with Crippen molar-refractivity contribution in [1.29, 1.82) is 0 Å². The van der Waals surface area contributed by atoms with Gasteiger partial charge in [0.15, 0.2) is 11.5 Å². The molecule has 0 spiro atoms. The minimum atomic E-state index is -0.425. The first-order chi connectivity index (χ1) is 15.1. The summed E-state index contributed by atoms with van der Waals surface area (Å²) in [6.07, 6.45) is 0.732. The molecular formula is C22H22N4O4S. The fourth-order valence-electron chi connectivity index (χ4n) is 3.49. The second-order valence-electron chi connectivity index (χ2n) is 7.10. The van der Waals surface area contributed by atoms with Crippen LogP contribution in [0.2, 0.25) is 0 Å². The third kappa shape index (κ3) is 4.66. The maximum Gasteiger partial charge on any atom is 0.231 e. The summed E-state index contributed by atoms with van der Waals surface area (Å²) < 4.78 is 10.6. The van der Waals surface area contributed by atoms with Crippen LogP contribution in [-0.4, -0.2) is 42.8 Å². The van der Waals surface area contributed by atoms with E-state index in [1.165, 1.54) is 11.3 Å². The summed E-state index contributed by atoms with van der Waals surface area (Å²) in [6.45, 7) is 0.353. The zero-order valence-electron chi connectivity index (χ0n) is 17.2. The molecule has 3 aromatic rings. The van der Waals surface area contributed by atoms with Gasteiger partial charge in [0.25, 0.3) is 0 Å². The van der Waals surface area contributed by atoms with E-state index in [1.54, 1.807) is 19.1 Å². The van der Waals surface area contributed by atoms with Gasteiger partial charge in [0.2, 0.25) is 16.9 Å². The number of nitrogens with zero attached hydrogens (tertiary/aromatic N) is 3. The summed E-state index contributed by atoms with van der Waals surface area (Å²) >= 11 is 1.31. The number of carbonyl (C=O) groups is 2. The van der Waals surface area contributed by atoms with Crippen LogP contribution >= 0.6 is 11.3 Å². The summed E-state index contributed by atoms with van der Waals surface area (Å²) in [7, 11) is 3.18. The van der Waals surface area contributed by atoms with Crippen LogP contribution in [0.1, 0.15) is 17.0 Å². The van der Waals surface area contributed by atoms with E-state index in [2.05, 4.69) is 15.5 Å². The molecule has 0 radical (unpaired) electrons. The van der Waals surface area contributed by atoms with E-state index in [-0.39, 0.29) is 18.2 Å². The van der Waals surface area contributed by atoms with Gasteiger partial charge in [-0.2, -0.15) is 0 Å². The number of nitrogens with one attached hydrogen (secondary N) is 1. The van der Waals surface area contributed by atoms with Crippen LogP contribution in [-0.2, 0) is 16.0 Å². The minimum absolute atomic E-state index is 0.0576. The number of methoxy groups -OCH3 is 2. The normalized spacial score (nSPS) is 15.7. The summed E-state index contributed by atoms with van der Waals surface area (Å²) in [4.78, 5) is 26.7. The Kier molecular flexibility index (Phi) is 6.13. The lowest BCUT2D eigenvalue weighted by Crippen LogP contribution is -2.28. The van der Waals surface area contributed by atoms with Gasteiger partial charge in [0, 0.05) is 25.1 Å². The summed E-state index contributed by atoms with van der Waals surface area (Å²) in [5.41, 5.74) is 1.79. The highest BCUT2D eigenvalue weighted by Crippen LogP contribution is 2.30. The van der Waals surface area contributed by atoms with E-state index in [0.29, 0.717) is 29.6 Å². The molecular weight excluding hydrogens is 416 g/mol. The standard InChI is InChI=1S/C22H22N4O4S/c1-29-17-9-8-14(10-18(17)30-2)11-19-24-25-22(31-19)23-21(28)15-12-20(27)26(13-15)16-6-4-3-5-7-16/h3-10,15H,11-13H2,1-2H3,(H,23,25,28)/t15-/m0/s1. The minimum Gasteiger partial charge on any atom is -0.493 e. The first kappa shape index (κ1) is 20.8. The molecule has 2 amide bonds. The number of rotatable bonds is 7. The van der Waals surface area contributed by atoms with E-state index < -0.39 is 5.92 Å². The molecule has 1 aliphatic heterocycles. The molecule has 2 heterocycles. The first-order valence-corrected chi connectivity index (χ1v) is 10.6. The average Bonchev–Trinajstić information content (AvgIpc) is 3.40. The number of anilines is 2. The van der Waals surface area contributed by atoms with Gasteiger partial charge in [0.05, 0.1) is 20.1 Å². The Balaban J connectivity index is 1.38. The van der Waals surface area contributed by atoms with Crippen molar-refractivity contribution in [2.45, 2.75) is 12.8 Å². The molecule has 1 atom stereocenters. The van der Waals surface area contributed by atoms with E-state index >= 15 is 0 Å². The second kappa shape index (κ2) is 9.13. The quantitative estimate of drug-likeness (QED) is 0.609. The lowest BCUT2D eigenvalue weighted by Gasteiger charge is -2.16. The predicted molar refractivity (Wildman–Crippen MR) is 118 cm³/mol. The Morgan fingerprint density at radius 1 is 1.13 bits per heavy atom. The topological polar surface area (TPSA) is 93.7 Å². The molecule has 1 N–H and O–H groups in total. The van der Waals surface area contributed by atoms with E-state index in [1.807, 2.05) is 48.5 Å². The molecule has 8 nitrogen and oxygen atoms in total. The lowest BCUT2D eigenvalue weighted by atomic mass is 10.1. The van der Waals surface area contributed by atoms with Crippen LogP contribution in [0.25, 0.3) is 0 Å². The van der Waals surface area contributed by atoms with E-state index in [9.17, 15) is 9.59 Å². The van der Waals surface area contributed by atoms with Crippen molar-refractivity contribution in [3.8, 4) is 11.5 Å². The number of benzene rings is 2. The third-order valence-electron chi connectivity index (χ3n) is 5.06. The first-order valence-electron chi connectivity index (χ1n) is 9.77. The van der Waals surface area contributed by atoms with Crippen molar-refractivity contribution in [3.05, 3.63) is 59.1 Å². The van der Waals surface area contributed by atoms with Crippen molar-refractivity contribution in [3.63, 3.8) is 0 Å². The fourth-order valence-corrected chi connectivity index (χ4v) is 4.27. The highest BCUT2D eigenvalue weighted by Gasteiger charge is 2.35. The highest BCUT2D eigenvalue weighted by atomic mass is 32.1. The van der Waals surface area contributed by atoms with Crippen molar-refractivity contribution in [2.24, 2.45) is 5.92 Å². The van der Waals surface area contributed by atoms with Gasteiger partial charge in [-0.25, -0.2) is 0 Å². The number of ether oxygens (including phenoxy) is 2. The zero-order chi connectivity index (χ0) is 21.8. The maximum atomic E-state index is 12.7. The Morgan fingerprint density at radius 3 is 2.65 bits per heavy atom. The van der Waals surface area contributed by atoms with E-state index in [0.717, 1.165) is 16.3 Å². The van der Waals surface area contributed by atoms with Crippen LogP contribution in [0.4, 0.5) is 10.8 Å². The van der Waals surface area contributed by atoms with Crippen LogP contribution in [0.5, 0.6) is 11.5 Å². The van der Waals surface area contributed by atoms with Crippen LogP contribution < -0.4 is 19.7 Å². The SMILES string of the molecule is COc1ccc(Cc2nnc(NC(=O)[C@H]3CC(=O)N(c4ccccc4)C3)s2)cc1OC. The number of hydrogen-bond acceptors (Lipinski definition) is 7. The van der Waals surface area contributed by atoms with Gasteiger partial charge in [-0.05, 0) is 29.8 Å². The van der Waals surface area contributed by atoms with Crippen LogP contribution in [0.3, 0.4) is 0 Å². The molecule has 4 rings (SSSR count). The molecule has 9 heteroatoms. The molecule has 1 aliphatic rings. The Hall–Kier alpha value is -3.46. The van der Waals surface area contributed by atoms with E-state index in [4.69, 9.17) is 9.47 Å².